The molecule has 1 fully saturated rings. The number of nitrogens with one attached hydrogen (secondary N) is 1. The number of hydrazone groups is 1. The molecule has 0 radical (unpaired) electrons. The summed E-state index contributed by atoms with van der Waals surface area (Å²) in [4.78, 5) is 4.41. The van der Waals surface area contributed by atoms with Crippen molar-refractivity contribution in [1.29, 1.82) is 0 Å². The highest BCUT2D eigenvalue weighted by atomic mass is 32.1. The van der Waals surface area contributed by atoms with Crippen LogP contribution in [0.25, 0.3) is 0 Å². The van der Waals surface area contributed by atoms with Crippen LogP contribution in [0.1, 0.15) is 37.3 Å². The standard InChI is InChI=1S/C12H16N4S/c13-12(17)16-15-11-7-2-1-5-9(11)10-6-3-4-8-14-10/h3-4,6,8-9H,1-2,5,7H2,(H3,13,16,17)/t9-/m1/s1. The van der Waals surface area contributed by atoms with Gasteiger partial charge in [-0.05, 0) is 43.6 Å². The maximum Gasteiger partial charge on any atom is 0.184 e. The summed E-state index contributed by atoms with van der Waals surface area (Å²) < 4.78 is 0. The molecule has 0 spiro atoms. The van der Waals surface area contributed by atoms with E-state index in [9.17, 15) is 0 Å². The summed E-state index contributed by atoms with van der Waals surface area (Å²) >= 11 is 4.76. The molecule has 0 aliphatic heterocycles. The van der Waals surface area contributed by atoms with Gasteiger partial charge in [-0.1, -0.05) is 12.5 Å². The normalized spacial score (nSPS) is 22.4. The van der Waals surface area contributed by atoms with E-state index in [0.29, 0.717) is 5.92 Å². The first-order valence-corrected chi connectivity index (χ1v) is 6.21. The third-order valence-corrected chi connectivity index (χ3v) is 3.02. The van der Waals surface area contributed by atoms with Gasteiger partial charge < -0.3 is 5.73 Å². The first kappa shape index (κ1) is 12.0. The number of thiocarbonyl (C=S) groups is 1. The molecule has 1 aliphatic rings. The number of aromatic nitrogens is 1. The Morgan fingerprint density at radius 1 is 1.47 bits per heavy atom. The number of nitrogens with zero attached hydrogens (tertiary/aromatic N) is 2. The maximum atomic E-state index is 5.39. The highest BCUT2D eigenvalue weighted by Gasteiger charge is 2.23. The summed E-state index contributed by atoms with van der Waals surface area (Å²) in [5, 5.41) is 4.51. The minimum absolute atomic E-state index is 0.211. The van der Waals surface area contributed by atoms with E-state index in [1.807, 2.05) is 24.4 Å². The van der Waals surface area contributed by atoms with Crippen LogP contribution >= 0.6 is 12.2 Å². The molecule has 0 amide bonds. The number of hydrogen-bond acceptors (Lipinski definition) is 3. The lowest BCUT2D eigenvalue weighted by atomic mass is 9.85. The second-order valence-electron chi connectivity index (χ2n) is 4.13. The summed E-state index contributed by atoms with van der Waals surface area (Å²) in [5.41, 5.74) is 10.3. The Kier molecular flexibility index (Phi) is 4.03. The lowest BCUT2D eigenvalue weighted by Crippen LogP contribution is -2.28. The second-order valence-corrected chi connectivity index (χ2v) is 4.57. The van der Waals surface area contributed by atoms with Gasteiger partial charge >= 0.3 is 0 Å². The van der Waals surface area contributed by atoms with Crippen molar-refractivity contribution in [2.24, 2.45) is 10.8 Å². The largest absolute Gasteiger partial charge is 0.375 e. The highest BCUT2D eigenvalue weighted by molar-refractivity contribution is 7.80. The van der Waals surface area contributed by atoms with Crippen LogP contribution in [-0.2, 0) is 0 Å². The third-order valence-electron chi connectivity index (χ3n) is 2.93. The lowest BCUT2D eigenvalue weighted by molar-refractivity contribution is 0.599. The SMILES string of the molecule is NC(=S)NN=C1CCCC[C@@H]1c1ccccn1. The Hall–Kier alpha value is -1.49. The molecular formula is C12H16N4S. The van der Waals surface area contributed by atoms with Gasteiger partial charge in [-0.15, -0.1) is 0 Å². The van der Waals surface area contributed by atoms with Crippen molar-refractivity contribution in [1.82, 2.24) is 10.4 Å². The van der Waals surface area contributed by atoms with Crippen molar-refractivity contribution in [2.75, 3.05) is 0 Å². The van der Waals surface area contributed by atoms with Gasteiger partial charge in [0, 0.05) is 23.5 Å². The molecule has 1 aromatic rings. The van der Waals surface area contributed by atoms with E-state index in [2.05, 4.69) is 15.5 Å². The Balaban J connectivity index is 2.18. The van der Waals surface area contributed by atoms with Crippen molar-refractivity contribution >= 4 is 23.0 Å². The monoisotopic (exact) mass is 248 g/mol. The minimum atomic E-state index is 0.211. The fourth-order valence-electron chi connectivity index (χ4n) is 2.16. The molecule has 1 aromatic heterocycles. The van der Waals surface area contributed by atoms with Crippen LogP contribution in [0.4, 0.5) is 0 Å². The van der Waals surface area contributed by atoms with Crippen molar-refractivity contribution in [2.45, 2.75) is 31.6 Å². The summed E-state index contributed by atoms with van der Waals surface area (Å²) in [6.45, 7) is 0. The van der Waals surface area contributed by atoms with E-state index in [-0.39, 0.29) is 5.11 Å². The van der Waals surface area contributed by atoms with Crippen LogP contribution in [0.3, 0.4) is 0 Å². The molecule has 0 aromatic carbocycles. The van der Waals surface area contributed by atoms with E-state index in [1.165, 1.54) is 12.8 Å². The van der Waals surface area contributed by atoms with E-state index in [4.69, 9.17) is 18.0 Å². The maximum absolute atomic E-state index is 5.39. The van der Waals surface area contributed by atoms with Crippen LogP contribution in [-0.4, -0.2) is 15.8 Å². The number of rotatable bonds is 2. The van der Waals surface area contributed by atoms with E-state index in [0.717, 1.165) is 24.2 Å². The number of hydrogen-bond donors (Lipinski definition) is 2. The molecule has 4 nitrogen and oxygen atoms in total. The Labute approximate surface area is 106 Å². The van der Waals surface area contributed by atoms with Crippen molar-refractivity contribution in [3.8, 4) is 0 Å². The van der Waals surface area contributed by atoms with E-state index in [1.54, 1.807) is 0 Å². The zero-order chi connectivity index (χ0) is 12.1. The minimum Gasteiger partial charge on any atom is -0.375 e. The van der Waals surface area contributed by atoms with Gasteiger partial charge in [0.25, 0.3) is 0 Å². The Morgan fingerprint density at radius 2 is 2.35 bits per heavy atom. The molecular weight excluding hydrogens is 232 g/mol. The molecule has 0 saturated heterocycles. The first-order chi connectivity index (χ1) is 8.27. The molecule has 0 unspecified atom stereocenters. The van der Waals surface area contributed by atoms with Crippen LogP contribution in [0.15, 0.2) is 29.5 Å². The van der Waals surface area contributed by atoms with Crippen molar-refractivity contribution in [3.63, 3.8) is 0 Å². The molecule has 1 saturated carbocycles. The van der Waals surface area contributed by atoms with Crippen molar-refractivity contribution < 1.29 is 0 Å². The predicted molar refractivity (Wildman–Crippen MR) is 72.8 cm³/mol. The molecule has 3 N–H and O–H groups in total. The number of pyridine rings is 1. The van der Waals surface area contributed by atoms with Gasteiger partial charge in [0.2, 0.25) is 0 Å². The fourth-order valence-corrected chi connectivity index (χ4v) is 2.20. The molecule has 1 atom stereocenters. The Bertz CT molecular complexity index is 416. The first-order valence-electron chi connectivity index (χ1n) is 5.80. The molecule has 90 valence electrons. The summed E-state index contributed by atoms with van der Waals surface area (Å²) in [7, 11) is 0. The lowest BCUT2D eigenvalue weighted by Gasteiger charge is -2.23. The summed E-state index contributed by atoms with van der Waals surface area (Å²) in [6, 6.07) is 5.98. The topological polar surface area (TPSA) is 63.3 Å². The predicted octanol–water partition coefficient (Wildman–Crippen LogP) is 1.93. The van der Waals surface area contributed by atoms with Crippen molar-refractivity contribution in [3.05, 3.63) is 30.1 Å². The summed E-state index contributed by atoms with van der Waals surface area (Å²) in [6.07, 6.45) is 6.28. The van der Waals surface area contributed by atoms with E-state index >= 15 is 0 Å². The Morgan fingerprint density at radius 3 is 3.06 bits per heavy atom. The van der Waals surface area contributed by atoms with Crippen LogP contribution in [0, 0.1) is 0 Å². The van der Waals surface area contributed by atoms with Crippen LogP contribution in [0.2, 0.25) is 0 Å². The molecule has 1 heterocycles. The van der Waals surface area contributed by atoms with Gasteiger partial charge in [0.05, 0.1) is 0 Å². The van der Waals surface area contributed by atoms with E-state index < -0.39 is 0 Å². The smallest absolute Gasteiger partial charge is 0.184 e. The van der Waals surface area contributed by atoms with Gasteiger partial charge in [-0.25, -0.2) is 0 Å². The number of nitrogens with two attached hydrogens (primary N) is 1. The van der Waals surface area contributed by atoms with Gasteiger partial charge in [-0.2, -0.15) is 5.10 Å². The second kappa shape index (κ2) is 5.72. The molecule has 2 rings (SSSR count). The zero-order valence-electron chi connectivity index (χ0n) is 9.60. The average molecular weight is 248 g/mol. The van der Waals surface area contributed by atoms with Crippen LogP contribution in [0.5, 0.6) is 0 Å². The van der Waals surface area contributed by atoms with Crippen LogP contribution < -0.4 is 11.2 Å². The zero-order valence-corrected chi connectivity index (χ0v) is 10.4. The van der Waals surface area contributed by atoms with Gasteiger partial charge in [0.1, 0.15) is 0 Å². The molecule has 1 aliphatic carbocycles. The fraction of sp³-hybridized carbons (Fsp3) is 0.417. The van der Waals surface area contributed by atoms with Gasteiger partial charge in [-0.3, -0.25) is 10.4 Å². The molecule has 5 heteroatoms. The quantitative estimate of drug-likeness (QED) is 0.620. The third kappa shape index (κ3) is 3.23. The summed E-state index contributed by atoms with van der Waals surface area (Å²) in [5.74, 6) is 0.298. The molecule has 0 bridgehead atoms. The molecule has 17 heavy (non-hydrogen) atoms. The van der Waals surface area contributed by atoms with Gasteiger partial charge in [0.15, 0.2) is 5.11 Å². The highest BCUT2D eigenvalue weighted by Crippen LogP contribution is 2.29. The average Bonchev–Trinajstić information content (AvgIpc) is 2.38.